The zero-order valence-corrected chi connectivity index (χ0v) is 17.9. The van der Waals surface area contributed by atoms with Crippen molar-refractivity contribution in [3.63, 3.8) is 0 Å². The predicted molar refractivity (Wildman–Crippen MR) is 112 cm³/mol. The molecule has 3 aliphatic rings. The largest absolute Gasteiger partial charge is 0.375 e. The molecule has 4 rings (SSSR count). The van der Waals surface area contributed by atoms with Gasteiger partial charge in [-0.15, -0.1) is 0 Å². The third-order valence-electron chi connectivity index (χ3n) is 6.76. The molecule has 0 radical (unpaired) electrons. The summed E-state index contributed by atoms with van der Waals surface area (Å²) in [7, 11) is 0. The number of aromatic nitrogens is 2. The molecule has 0 unspecified atom stereocenters. The maximum atomic E-state index is 12.7. The highest BCUT2D eigenvalue weighted by atomic mass is 16.5. The van der Waals surface area contributed by atoms with Crippen LogP contribution >= 0.6 is 0 Å². The van der Waals surface area contributed by atoms with Crippen molar-refractivity contribution in [3.05, 3.63) is 24.3 Å². The molecule has 1 aromatic heterocycles. The van der Waals surface area contributed by atoms with Crippen LogP contribution in [0, 0.1) is 5.92 Å². The quantitative estimate of drug-likeness (QED) is 0.768. The molecule has 0 aliphatic carbocycles. The van der Waals surface area contributed by atoms with Gasteiger partial charge in [-0.25, -0.2) is 4.98 Å². The van der Waals surface area contributed by atoms with Gasteiger partial charge in [-0.3, -0.25) is 14.7 Å². The van der Waals surface area contributed by atoms with Gasteiger partial charge >= 0.3 is 0 Å². The van der Waals surface area contributed by atoms with Crippen LogP contribution in [0.2, 0.25) is 0 Å². The summed E-state index contributed by atoms with van der Waals surface area (Å²) in [4.78, 5) is 28.0. The molecule has 1 amide bonds. The average Bonchev–Trinajstić information content (AvgIpc) is 2.75. The molecule has 1 aromatic rings. The lowest BCUT2D eigenvalue weighted by Crippen LogP contribution is -2.57. The van der Waals surface area contributed by atoms with E-state index in [1.165, 1.54) is 32.7 Å². The van der Waals surface area contributed by atoms with E-state index >= 15 is 0 Å². The Morgan fingerprint density at radius 2 is 1.93 bits per heavy atom. The molecule has 0 aromatic carbocycles. The molecule has 29 heavy (non-hydrogen) atoms. The molecule has 0 N–H and O–H groups in total. The SMILES string of the molecule is CC(C)CN1CCN([C@H]2CCOC3(CCN(C(=O)c4cnccn4)CC3)C2)CC1. The number of ether oxygens (including phenoxy) is 1. The third-order valence-corrected chi connectivity index (χ3v) is 6.76. The van der Waals surface area contributed by atoms with Gasteiger partial charge in [0.2, 0.25) is 0 Å². The Hall–Kier alpha value is -1.57. The highest BCUT2D eigenvalue weighted by molar-refractivity contribution is 5.92. The summed E-state index contributed by atoms with van der Waals surface area (Å²) < 4.78 is 6.33. The number of carbonyl (C=O) groups excluding carboxylic acids is 1. The van der Waals surface area contributed by atoms with Gasteiger partial charge in [-0.2, -0.15) is 0 Å². The van der Waals surface area contributed by atoms with E-state index in [1.807, 2.05) is 4.90 Å². The van der Waals surface area contributed by atoms with Crippen LogP contribution in [0.25, 0.3) is 0 Å². The van der Waals surface area contributed by atoms with E-state index in [1.54, 1.807) is 18.6 Å². The maximum Gasteiger partial charge on any atom is 0.274 e. The Kier molecular flexibility index (Phi) is 6.47. The Morgan fingerprint density at radius 1 is 1.17 bits per heavy atom. The van der Waals surface area contributed by atoms with Crippen LogP contribution in [0.1, 0.15) is 50.0 Å². The van der Waals surface area contributed by atoms with Gasteiger partial charge in [0.05, 0.1) is 11.8 Å². The summed E-state index contributed by atoms with van der Waals surface area (Å²) in [6, 6.07) is 0.618. The van der Waals surface area contributed by atoms with Crippen molar-refractivity contribution in [2.24, 2.45) is 5.92 Å². The van der Waals surface area contributed by atoms with Gasteiger partial charge in [0.25, 0.3) is 5.91 Å². The smallest absolute Gasteiger partial charge is 0.274 e. The van der Waals surface area contributed by atoms with Crippen LogP contribution in [-0.2, 0) is 4.74 Å². The second-order valence-corrected chi connectivity index (χ2v) is 9.29. The minimum atomic E-state index is -0.0584. The highest BCUT2D eigenvalue weighted by Crippen LogP contribution is 2.37. The molecule has 1 spiro atoms. The van der Waals surface area contributed by atoms with Crippen LogP contribution in [-0.4, -0.2) is 94.6 Å². The van der Waals surface area contributed by atoms with E-state index in [0.717, 1.165) is 51.3 Å². The predicted octanol–water partition coefficient (Wildman–Crippen LogP) is 1.90. The fourth-order valence-electron chi connectivity index (χ4n) is 5.18. The van der Waals surface area contributed by atoms with E-state index in [0.29, 0.717) is 11.7 Å². The molecular formula is C22H35N5O2. The number of likely N-dealkylation sites (tertiary alicyclic amines) is 1. The topological polar surface area (TPSA) is 61.8 Å². The first-order chi connectivity index (χ1) is 14.0. The molecule has 3 saturated heterocycles. The summed E-state index contributed by atoms with van der Waals surface area (Å²) in [6.07, 6.45) is 8.80. The number of piperazine rings is 1. The summed E-state index contributed by atoms with van der Waals surface area (Å²) in [5.74, 6) is 0.726. The number of hydrogen-bond donors (Lipinski definition) is 0. The van der Waals surface area contributed by atoms with Gasteiger partial charge in [0.15, 0.2) is 0 Å². The Morgan fingerprint density at radius 3 is 2.59 bits per heavy atom. The Balaban J connectivity index is 1.29. The zero-order chi connectivity index (χ0) is 20.3. The summed E-state index contributed by atoms with van der Waals surface area (Å²) in [5.41, 5.74) is 0.377. The summed E-state index contributed by atoms with van der Waals surface area (Å²) >= 11 is 0. The molecule has 7 nitrogen and oxygen atoms in total. The second kappa shape index (κ2) is 9.06. The first kappa shape index (κ1) is 20.7. The lowest BCUT2D eigenvalue weighted by Gasteiger charge is -2.49. The van der Waals surface area contributed by atoms with Crippen molar-refractivity contribution in [2.75, 3.05) is 52.4 Å². The van der Waals surface area contributed by atoms with Crippen molar-refractivity contribution < 1.29 is 9.53 Å². The molecule has 4 heterocycles. The zero-order valence-electron chi connectivity index (χ0n) is 17.9. The van der Waals surface area contributed by atoms with E-state index < -0.39 is 0 Å². The summed E-state index contributed by atoms with van der Waals surface area (Å²) in [5, 5.41) is 0. The summed E-state index contributed by atoms with van der Waals surface area (Å²) in [6.45, 7) is 12.8. The van der Waals surface area contributed by atoms with Gasteiger partial charge in [0.1, 0.15) is 5.69 Å². The van der Waals surface area contributed by atoms with Crippen LogP contribution in [0.15, 0.2) is 18.6 Å². The number of amides is 1. The molecular weight excluding hydrogens is 366 g/mol. The van der Waals surface area contributed by atoms with Crippen LogP contribution in [0.3, 0.4) is 0 Å². The molecule has 1 atom stereocenters. The second-order valence-electron chi connectivity index (χ2n) is 9.29. The molecule has 3 aliphatic heterocycles. The van der Waals surface area contributed by atoms with E-state index in [4.69, 9.17) is 4.74 Å². The van der Waals surface area contributed by atoms with Crippen molar-refractivity contribution in [2.45, 2.75) is 51.2 Å². The number of piperidine rings is 1. The Bertz CT molecular complexity index is 667. The van der Waals surface area contributed by atoms with Crippen LogP contribution < -0.4 is 0 Å². The van der Waals surface area contributed by atoms with Gasteiger partial charge in [-0.1, -0.05) is 13.8 Å². The number of carbonyl (C=O) groups is 1. The monoisotopic (exact) mass is 401 g/mol. The van der Waals surface area contributed by atoms with E-state index in [9.17, 15) is 4.79 Å². The third kappa shape index (κ3) is 4.95. The first-order valence-electron chi connectivity index (χ1n) is 11.2. The van der Waals surface area contributed by atoms with Crippen LogP contribution in [0.4, 0.5) is 0 Å². The van der Waals surface area contributed by atoms with Crippen molar-refractivity contribution in [3.8, 4) is 0 Å². The van der Waals surface area contributed by atoms with E-state index in [-0.39, 0.29) is 11.5 Å². The molecule has 160 valence electrons. The van der Waals surface area contributed by atoms with Crippen LogP contribution in [0.5, 0.6) is 0 Å². The number of nitrogens with zero attached hydrogens (tertiary/aromatic N) is 5. The lowest BCUT2D eigenvalue weighted by atomic mass is 9.81. The van der Waals surface area contributed by atoms with Gasteiger partial charge < -0.3 is 14.5 Å². The lowest BCUT2D eigenvalue weighted by molar-refractivity contribution is -0.132. The molecule has 0 saturated carbocycles. The van der Waals surface area contributed by atoms with Crippen molar-refractivity contribution in [1.82, 2.24) is 24.7 Å². The van der Waals surface area contributed by atoms with Gasteiger partial charge in [0, 0.05) is 70.9 Å². The normalized spacial score (nSPS) is 26.2. The first-order valence-corrected chi connectivity index (χ1v) is 11.2. The standard InChI is InChI=1S/C22H35N5O2/c1-18(2)17-25-10-12-26(13-11-25)19-3-14-29-22(15-19)4-8-27(9-5-22)21(28)20-16-23-6-7-24-20/h6-7,16,18-19H,3-5,8-15,17H2,1-2H3/t19-/m0/s1. The number of hydrogen-bond acceptors (Lipinski definition) is 6. The minimum absolute atomic E-state index is 0.0124. The van der Waals surface area contributed by atoms with Gasteiger partial charge in [-0.05, 0) is 31.6 Å². The fraction of sp³-hybridized carbons (Fsp3) is 0.773. The Labute approximate surface area is 174 Å². The molecule has 3 fully saturated rings. The van der Waals surface area contributed by atoms with E-state index in [2.05, 4.69) is 33.6 Å². The van der Waals surface area contributed by atoms with Crippen molar-refractivity contribution >= 4 is 5.91 Å². The highest BCUT2D eigenvalue weighted by Gasteiger charge is 2.43. The maximum absolute atomic E-state index is 12.7. The molecule has 0 bridgehead atoms. The molecule has 7 heteroatoms. The average molecular weight is 402 g/mol. The fourth-order valence-corrected chi connectivity index (χ4v) is 5.18. The number of rotatable bonds is 4. The van der Waals surface area contributed by atoms with Crippen molar-refractivity contribution in [1.29, 1.82) is 0 Å². The minimum Gasteiger partial charge on any atom is -0.375 e.